The second kappa shape index (κ2) is 6.14. The summed E-state index contributed by atoms with van der Waals surface area (Å²) in [4.78, 5) is 4.61. The second-order valence-corrected chi connectivity index (χ2v) is 8.51. The first-order valence-electron chi connectivity index (χ1n) is 8.20. The van der Waals surface area contributed by atoms with E-state index in [0.29, 0.717) is 31.0 Å². The van der Waals surface area contributed by atoms with Crippen molar-refractivity contribution in [3.8, 4) is 11.6 Å². The molecule has 0 amide bonds. The number of hydrogen-bond acceptors (Lipinski definition) is 6. The van der Waals surface area contributed by atoms with Crippen molar-refractivity contribution < 1.29 is 12.8 Å². The lowest BCUT2D eigenvalue weighted by atomic mass is 10.2. The maximum atomic E-state index is 11.9. The van der Waals surface area contributed by atoms with Crippen molar-refractivity contribution in [2.24, 2.45) is 0 Å². The van der Waals surface area contributed by atoms with Crippen LogP contribution in [0.25, 0.3) is 11.6 Å². The zero-order chi connectivity index (χ0) is 17.4. The van der Waals surface area contributed by atoms with E-state index in [-0.39, 0.29) is 17.5 Å². The highest BCUT2D eigenvalue weighted by molar-refractivity contribution is 7.91. The third-order valence-electron chi connectivity index (χ3n) is 4.34. The largest absolute Gasteiger partial charge is 0.458 e. The van der Waals surface area contributed by atoms with Gasteiger partial charge in [-0.25, -0.2) is 18.1 Å². The van der Waals surface area contributed by atoms with Gasteiger partial charge in [0.05, 0.1) is 17.5 Å². The predicted molar refractivity (Wildman–Crippen MR) is 90.7 cm³/mol. The minimum absolute atomic E-state index is 0.113. The van der Waals surface area contributed by atoms with Gasteiger partial charge in [-0.3, -0.25) is 4.68 Å². The molecule has 1 aliphatic heterocycles. The topological polar surface area (TPSA) is 95.8 Å². The molecule has 0 N–H and O–H groups in total. The Hall–Kier alpha value is -2.42. The van der Waals surface area contributed by atoms with E-state index >= 15 is 0 Å². The number of aryl methyl sites for hydroxylation is 3. The summed E-state index contributed by atoms with van der Waals surface area (Å²) in [5, 5.41) is 8.75. The zero-order valence-electron chi connectivity index (χ0n) is 13.9. The summed E-state index contributed by atoms with van der Waals surface area (Å²) in [5.41, 5.74) is 0. The van der Waals surface area contributed by atoms with Crippen LogP contribution in [0.5, 0.6) is 0 Å². The lowest BCUT2D eigenvalue weighted by Crippen LogP contribution is -2.17. The van der Waals surface area contributed by atoms with Gasteiger partial charge in [-0.1, -0.05) is 0 Å². The minimum Gasteiger partial charge on any atom is -0.458 e. The summed E-state index contributed by atoms with van der Waals surface area (Å²) in [6.45, 7) is 2.52. The Morgan fingerprint density at radius 2 is 2.24 bits per heavy atom. The molecule has 4 rings (SSSR count). The van der Waals surface area contributed by atoms with Crippen LogP contribution in [0.3, 0.4) is 0 Å². The lowest BCUT2D eigenvalue weighted by molar-refractivity contribution is 0.464. The van der Waals surface area contributed by atoms with Gasteiger partial charge in [-0.2, -0.15) is 5.10 Å². The summed E-state index contributed by atoms with van der Waals surface area (Å²) >= 11 is 0. The van der Waals surface area contributed by atoms with E-state index < -0.39 is 9.84 Å². The van der Waals surface area contributed by atoms with E-state index in [1.165, 1.54) is 0 Å². The van der Waals surface area contributed by atoms with Crippen LogP contribution in [0, 0.1) is 6.92 Å². The molecule has 3 aromatic heterocycles. The Kier molecular flexibility index (Phi) is 3.95. The molecule has 1 saturated heterocycles. The van der Waals surface area contributed by atoms with Gasteiger partial charge in [0.15, 0.2) is 15.6 Å². The normalized spacial score (nSPS) is 19.5. The smallest absolute Gasteiger partial charge is 0.217 e. The molecule has 1 aliphatic rings. The molecule has 25 heavy (non-hydrogen) atoms. The van der Waals surface area contributed by atoms with Crippen molar-refractivity contribution in [3.63, 3.8) is 0 Å². The van der Waals surface area contributed by atoms with Gasteiger partial charge in [0, 0.05) is 25.4 Å². The number of rotatable bonds is 5. The van der Waals surface area contributed by atoms with Crippen LogP contribution in [0.4, 0.5) is 0 Å². The molecule has 4 heterocycles. The van der Waals surface area contributed by atoms with E-state index in [1.807, 2.05) is 36.0 Å². The van der Waals surface area contributed by atoms with Crippen LogP contribution >= 0.6 is 0 Å². The van der Waals surface area contributed by atoms with E-state index in [0.717, 1.165) is 11.6 Å². The first-order valence-corrected chi connectivity index (χ1v) is 10.0. The van der Waals surface area contributed by atoms with Crippen LogP contribution in [-0.4, -0.2) is 44.5 Å². The Labute approximate surface area is 145 Å². The van der Waals surface area contributed by atoms with Gasteiger partial charge in [-0.15, -0.1) is 5.10 Å². The van der Waals surface area contributed by atoms with Crippen molar-refractivity contribution in [2.45, 2.75) is 32.4 Å². The van der Waals surface area contributed by atoms with Crippen LogP contribution in [0.2, 0.25) is 0 Å². The lowest BCUT2D eigenvalue weighted by Gasteiger charge is -2.11. The van der Waals surface area contributed by atoms with E-state index in [9.17, 15) is 8.42 Å². The molecule has 0 aromatic carbocycles. The fourth-order valence-corrected chi connectivity index (χ4v) is 4.79. The molecule has 0 spiro atoms. The van der Waals surface area contributed by atoms with E-state index in [2.05, 4.69) is 15.2 Å². The quantitative estimate of drug-likeness (QED) is 0.685. The average Bonchev–Trinajstić information content (AvgIpc) is 3.31. The maximum Gasteiger partial charge on any atom is 0.217 e. The molecule has 0 aliphatic carbocycles. The monoisotopic (exact) mass is 361 g/mol. The highest BCUT2D eigenvalue weighted by atomic mass is 32.2. The van der Waals surface area contributed by atoms with Gasteiger partial charge in [-0.05, 0) is 31.5 Å². The third-order valence-corrected chi connectivity index (χ3v) is 6.09. The van der Waals surface area contributed by atoms with Crippen molar-refractivity contribution in [1.29, 1.82) is 0 Å². The van der Waals surface area contributed by atoms with Gasteiger partial charge in [0.2, 0.25) is 5.82 Å². The summed E-state index contributed by atoms with van der Waals surface area (Å²) in [5.74, 6) is 2.94. The molecular formula is C16H19N5O3S. The number of nitrogens with zero attached hydrogens (tertiary/aromatic N) is 5. The maximum absolute atomic E-state index is 11.9. The standard InChI is InChI=1S/C16H19N5O3S/c1-12-3-4-14(24-12)16-18-15(5-9-20-8-2-7-17-20)21(19-16)13-6-10-25(22,23)11-13/h2-4,7-8,13H,5-6,9-11H2,1H3. The predicted octanol–water partition coefficient (Wildman–Crippen LogP) is 1.65. The molecule has 9 heteroatoms. The van der Waals surface area contributed by atoms with E-state index in [1.54, 1.807) is 10.9 Å². The average molecular weight is 361 g/mol. The fraction of sp³-hybridized carbons (Fsp3) is 0.438. The second-order valence-electron chi connectivity index (χ2n) is 6.28. The molecule has 3 aromatic rings. The van der Waals surface area contributed by atoms with Crippen LogP contribution in [0.15, 0.2) is 35.0 Å². The van der Waals surface area contributed by atoms with Crippen molar-refractivity contribution >= 4 is 9.84 Å². The van der Waals surface area contributed by atoms with E-state index in [4.69, 9.17) is 4.42 Å². The first kappa shape index (κ1) is 16.1. The van der Waals surface area contributed by atoms with Gasteiger partial charge < -0.3 is 4.42 Å². The summed E-state index contributed by atoms with van der Waals surface area (Å²) < 4.78 is 32.9. The van der Waals surface area contributed by atoms with Crippen LogP contribution in [0.1, 0.15) is 24.0 Å². The van der Waals surface area contributed by atoms with Crippen molar-refractivity contribution in [2.75, 3.05) is 11.5 Å². The van der Waals surface area contributed by atoms with Gasteiger partial charge >= 0.3 is 0 Å². The SMILES string of the molecule is Cc1ccc(-c2nc(CCn3cccn3)n(C3CCS(=O)(=O)C3)n2)o1. The Morgan fingerprint density at radius 3 is 2.88 bits per heavy atom. The molecule has 1 atom stereocenters. The molecular weight excluding hydrogens is 342 g/mol. The van der Waals surface area contributed by atoms with Crippen LogP contribution in [-0.2, 0) is 22.8 Å². The van der Waals surface area contributed by atoms with Gasteiger partial charge in [0.25, 0.3) is 0 Å². The highest BCUT2D eigenvalue weighted by Gasteiger charge is 2.32. The molecule has 8 nitrogen and oxygen atoms in total. The first-order chi connectivity index (χ1) is 12.0. The Balaban J connectivity index is 1.65. The van der Waals surface area contributed by atoms with Crippen molar-refractivity contribution in [3.05, 3.63) is 42.2 Å². The summed E-state index contributed by atoms with van der Waals surface area (Å²) in [6.07, 6.45) is 4.80. The molecule has 132 valence electrons. The van der Waals surface area contributed by atoms with Gasteiger partial charge in [0.1, 0.15) is 11.6 Å². The number of furan rings is 1. The van der Waals surface area contributed by atoms with Crippen LogP contribution < -0.4 is 0 Å². The summed E-state index contributed by atoms with van der Waals surface area (Å²) in [6, 6.07) is 5.39. The highest BCUT2D eigenvalue weighted by Crippen LogP contribution is 2.27. The summed E-state index contributed by atoms with van der Waals surface area (Å²) in [7, 11) is -3.00. The Bertz CT molecular complexity index is 972. The molecule has 0 bridgehead atoms. The van der Waals surface area contributed by atoms with Crippen molar-refractivity contribution in [1.82, 2.24) is 24.5 Å². The minimum atomic E-state index is -3.00. The Morgan fingerprint density at radius 1 is 1.36 bits per heavy atom. The molecule has 1 unspecified atom stereocenters. The number of aromatic nitrogens is 5. The molecule has 0 saturated carbocycles. The number of hydrogen-bond donors (Lipinski definition) is 0. The molecule has 0 radical (unpaired) electrons. The number of sulfone groups is 1. The fourth-order valence-electron chi connectivity index (χ4n) is 3.09. The zero-order valence-corrected chi connectivity index (χ0v) is 14.7. The molecule has 1 fully saturated rings. The third kappa shape index (κ3) is 3.37.